The van der Waals surface area contributed by atoms with Crippen molar-refractivity contribution in [2.45, 2.75) is 12.7 Å². The van der Waals surface area contributed by atoms with Crippen LogP contribution in [0.15, 0.2) is 42.5 Å². The summed E-state index contributed by atoms with van der Waals surface area (Å²) in [5, 5.41) is 0.475. The summed E-state index contributed by atoms with van der Waals surface area (Å²) in [5.74, 6) is 0.573. The quantitative estimate of drug-likeness (QED) is 0.907. The highest BCUT2D eigenvalue weighted by Crippen LogP contribution is 2.30. The lowest BCUT2D eigenvalue weighted by atomic mass is 9.99. The SMILES string of the molecule is COc1cc(C(N)c2cccc(OC(F)F)c2)ccc1Cl. The first kappa shape index (κ1) is 15.5. The molecule has 21 heavy (non-hydrogen) atoms. The van der Waals surface area contributed by atoms with E-state index in [-0.39, 0.29) is 5.75 Å². The number of hydrogen-bond donors (Lipinski definition) is 1. The summed E-state index contributed by atoms with van der Waals surface area (Å²) in [4.78, 5) is 0. The average molecular weight is 314 g/mol. The fraction of sp³-hybridized carbons (Fsp3) is 0.200. The Kier molecular flexibility index (Phi) is 4.98. The van der Waals surface area contributed by atoms with Gasteiger partial charge in [-0.2, -0.15) is 8.78 Å². The number of methoxy groups -OCH3 is 1. The lowest BCUT2D eigenvalue weighted by Crippen LogP contribution is -2.12. The minimum atomic E-state index is -2.87. The molecular formula is C15H14ClF2NO2. The summed E-state index contributed by atoms with van der Waals surface area (Å²) < 4.78 is 34.0. The van der Waals surface area contributed by atoms with Gasteiger partial charge in [0, 0.05) is 0 Å². The topological polar surface area (TPSA) is 44.5 Å². The highest BCUT2D eigenvalue weighted by molar-refractivity contribution is 6.32. The standard InChI is InChI=1S/C15H14ClF2NO2/c1-20-13-8-10(5-6-12(13)16)14(19)9-3-2-4-11(7-9)21-15(17)18/h2-8,14-15H,19H2,1H3. The first-order valence-corrected chi connectivity index (χ1v) is 6.53. The van der Waals surface area contributed by atoms with Crippen molar-refractivity contribution in [3.63, 3.8) is 0 Å². The smallest absolute Gasteiger partial charge is 0.387 e. The van der Waals surface area contributed by atoms with Crippen LogP contribution in [0.25, 0.3) is 0 Å². The second kappa shape index (κ2) is 6.74. The molecule has 112 valence electrons. The molecule has 1 atom stereocenters. The third-order valence-corrected chi connectivity index (χ3v) is 3.29. The number of ether oxygens (including phenoxy) is 2. The van der Waals surface area contributed by atoms with E-state index < -0.39 is 12.7 Å². The molecule has 0 aliphatic rings. The van der Waals surface area contributed by atoms with Crippen LogP contribution in [0.4, 0.5) is 8.78 Å². The number of hydrogen-bond acceptors (Lipinski definition) is 3. The van der Waals surface area contributed by atoms with Gasteiger partial charge in [-0.25, -0.2) is 0 Å². The molecule has 2 N–H and O–H groups in total. The number of rotatable bonds is 5. The number of halogens is 3. The molecule has 0 aromatic heterocycles. The summed E-state index contributed by atoms with van der Waals surface area (Å²) in [6.45, 7) is -2.87. The van der Waals surface area contributed by atoms with Gasteiger partial charge in [-0.1, -0.05) is 29.8 Å². The third kappa shape index (κ3) is 3.83. The molecule has 0 fully saturated rings. The Labute approximate surface area is 126 Å². The maximum atomic E-state index is 12.2. The Morgan fingerprint density at radius 1 is 1.10 bits per heavy atom. The normalized spacial score (nSPS) is 12.3. The largest absolute Gasteiger partial charge is 0.495 e. The van der Waals surface area contributed by atoms with Crippen molar-refractivity contribution in [3.8, 4) is 11.5 Å². The van der Waals surface area contributed by atoms with Crippen LogP contribution in [0.3, 0.4) is 0 Å². The predicted octanol–water partition coefficient (Wildman–Crippen LogP) is 4.00. The third-order valence-electron chi connectivity index (χ3n) is 2.98. The molecule has 1 unspecified atom stereocenters. The van der Waals surface area contributed by atoms with Gasteiger partial charge < -0.3 is 15.2 Å². The van der Waals surface area contributed by atoms with Crippen LogP contribution in [0.5, 0.6) is 11.5 Å². The van der Waals surface area contributed by atoms with Crippen LogP contribution in [0, 0.1) is 0 Å². The second-order valence-electron chi connectivity index (χ2n) is 4.32. The lowest BCUT2D eigenvalue weighted by Gasteiger charge is -2.15. The molecule has 2 aromatic rings. The maximum absolute atomic E-state index is 12.2. The predicted molar refractivity (Wildman–Crippen MR) is 77.1 cm³/mol. The van der Waals surface area contributed by atoms with Crippen LogP contribution in [0.2, 0.25) is 5.02 Å². The van der Waals surface area contributed by atoms with E-state index in [0.717, 1.165) is 5.56 Å². The van der Waals surface area contributed by atoms with E-state index in [2.05, 4.69) is 4.74 Å². The van der Waals surface area contributed by atoms with Crippen molar-refractivity contribution in [1.29, 1.82) is 0 Å². The maximum Gasteiger partial charge on any atom is 0.387 e. The average Bonchev–Trinajstić information content (AvgIpc) is 2.46. The van der Waals surface area contributed by atoms with Crippen LogP contribution >= 0.6 is 11.6 Å². The minimum absolute atomic E-state index is 0.0684. The van der Waals surface area contributed by atoms with E-state index in [0.29, 0.717) is 16.3 Å². The van der Waals surface area contributed by atoms with Gasteiger partial charge in [-0.3, -0.25) is 0 Å². The summed E-state index contributed by atoms with van der Waals surface area (Å²) in [6, 6.07) is 10.9. The van der Waals surface area contributed by atoms with Crippen molar-refractivity contribution in [3.05, 3.63) is 58.6 Å². The Morgan fingerprint density at radius 2 is 1.81 bits per heavy atom. The van der Waals surface area contributed by atoms with Crippen molar-refractivity contribution >= 4 is 11.6 Å². The van der Waals surface area contributed by atoms with E-state index in [1.807, 2.05) is 0 Å². The van der Waals surface area contributed by atoms with Crippen LogP contribution < -0.4 is 15.2 Å². The van der Waals surface area contributed by atoms with Gasteiger partial charge in [-0.15, -0.1) is 0 Å². The molecule has 0 saturated carbocycles. The number of benzene rings is 2. The van der Waals surface area contributed by atoms with Gasteiger partial charge in [0.1, 0.15) is 11.5 Å². The van der Waals surface area contributed by atoms with Gasteiger partial charge in [0.15, 0.2) is 0 Å². The summed E-state index contributed by atoms with van der Waals surface area (Å²) in [6.07, 6.45) is 0. The summed E-state index contributed by atoms with van der Waals surface area (Å²) >= 11 is 5.96. The lowest BCUT2D eigenvalue weighted by molar-refractivity contribution is -0.0498. The zero-order valence-electron chi connectivity index (χ0n) is 11.2. The summed E-state index contributed by atoms with van der Waals surface area (Å²) in [5.41, 5.74) is 7.55. The molecular weight excluding hydrogens is 300 g/mol. The van der Waals surface area contributed by atoms with Gasteiger partial charge in [0.25, 0.3) is 0 Å². The van der Waals surface area contributed by atoms with E-state index >= 15 is 0 Å². The Morgan fingerprint density at radius 3 is 2.48 bits per heavy atom. The molecule has 2 aromatic carbocycles. The van der Waals surface area contributed by atoms with Crippen LogP contribution in [-0.4, -0.2) is 13.7 Å². The number of alkyl halides is 2. The van der Waals surface area contributed by atoms with E-state index in [9.17, 15) is 8.78 Å². The van der Waals surface area contributed by atoms with Gasteiger partial charge in [0.05, 0.1) is 18.2 Å². The highest BCUT2D eigenvalue weighted by Gasteiger charge is 2.13. The molecule has 0 heterocycles. The molecule has 3 nitrogen and oxygen atoms in total. The Bertz CT molecular complexity index is 622. The second-order valence-corrected chi connectivity index (χ2v) is 4.73. The fourth-order valence-electron chi connectivity index (χ4n) is 1.95. The summed E-state index contributed by atoms with van der Waals surface area (Å²) in [7, 11) is 1.51. The number of nitrogens with two attached hydrogens (primary N) is 1. The highest BCUT2D eigenvalue weighted by atomic mass is 35.5. The molecule has 6 heteroatoms. The Balaban J connectivity index is 2.29. The zero-order chi connectivity index (χ0) is 15.4. The molecule has 0 amide bonds. The molecule has 0 aliphatic heterocycles. The molecule has 0 bridgehead atoms. The first-order valence-electron chi connectivity index (χ1n) is 6.15. The molecule has 0 radical (unpaired) electrons. The Hall–Kier alpha value is -1.85. The van der Waals surface area contributed by atoms with Crippen LogP contribution in [0.1, 0.15) is 17.2 Å². The molecule has 0 aliphatic carbocycles. The zero-order valence-corrected chi connectivity index (χ0v) is 12.0. The first-order chi connectivity index (χ1) is 10.0. The van der Waals surface area contributed by atoms with Crippen molar-refractivity contribution in [2.24, 2.45) is 5.73 Å². The fourth-order valence-corrected chi connectivity index (χ4v) is 2.14. The van der Waals surface area contributed by atoms with Crippen molar-refractivity contribution in [2.75, 3.05) is 7.11 Å². The van der Waals surface area contributed by atoms with Gasteiger partial charge in [0.2, 0.25) is 0 Å². The van der Waals surface area contributed by atoms with Gasteiger partial charge >= 0.3 is 6.61 Å². The van der Waals surface area contributed by atoms with Crippen LogP contribution in [-0.2, 0) is 0 Å². The molecule has 2 rings (SSSR count). The van der Waals surface area contributed by atoms with E-state index in [1.165, 1.54) is 19.2 Å². The minimum Gasteiger partial charge on any atom is -0.495 e. The van der Waals surface area contributed by atoms with Crippen molar-refractivity contribution < 1.29 is 18.3 Å². The van der Waals surface area contributed by atoms with Gasteiger partial charge in [-0.05, 0) is 35.4 Å². The molecule has 0 spiro atoms. The van der Waals surface area contributed by atoms with E-state index in [4.69, 9.17) is 22.1 Å². The van der Waals surface area contributed by atoms with E-state index in [1.54, 1.807) is 30.3 Å². The molecule has 0 saturated heterocycles. The van der Waals surface area contributed by atoms with Crippen molar-refractivity contribution in [1.82, 2.24) is 0 Å². The monoisotopic (exact) mass is 313 g/mol.